The number of hydrogen-bond donors (Lipinski definition) is 1. The molecule has 5 nitrogen and oxygen atoms in total. The van der Waals surface area contributed by atoms with Crippen molar-refractivity contribution in [2.45, 2.75) is 13.3 Å². The molecule has 0 spiro atoms. The Morgan fingerprint density at radius 3 is 3.00 bits per heavy atom. The van der Waals surface area contributed by atoms with E-state index < -0.39 is 5.82 Å². The lowest BCUT2D eigenvalue weighted by Gasteiger charge is -2.07. The van der Waals surface area contributed by atoms with Gasteiger partial charge in [0.15, 0.2) is 5.65 Å². The van der Waals surface area contributed by atoms with Crippen LogP contribution in [0, 0.1) is 12.7 Å². The number of nitrogens with zero attached hydrogens (tertiary/aromatic N) is 3. The van der Waals surface area contributed by atoms with Crippen LogP contribution >= 0.6 is 0 Å². The van der Waals surface area contributed by atoms with Crippen LogP contribution in [0.15, 0.2) is 42.6 Å². The molecule has 3 aromatic rings. The number of amides is 1. The summed E-state index contributed by atoms with van der Waals surface area (Å²) < 4.78 is 15.1. The Morgan fingerprint density at radius 1 is 1.27 bits per heavy atom. The topological polar surface area (TPSA) is 59.3 Å². The molecule has 1 N–H and O–H groups in total. The SMILES string of the molecule is Cc1ccc(F)cc1C(=O)NCCc1nnc2ccccn12. The Balaban J connectivity index is 1.65. The third-order valence-electron chi connectivity index (χ3n) is 3.46. The number of benzene rings is 1. The minimum Gasteiger partial charge on any atom is -0.352 e. The highest BCUT2D eigenvalue weighted by Gasteiger charge is 2.10. The third kappa shape index (κ3) is 2.81. The van der Waals surface area contributed by atoms with Crippen LogP contribution in [0.4, 0.5) is 4.39 Å². The summed E-state index contributed by atoms with van der Waals surface area (Å²) in [5.41, 5.74) is 1.86. The fourth-order valence-corrected chi connectivity index (χ4v) is 2.28. The van der Waals surface area contributed by atoms with Gasteiger partial charge in [-0.15, -0.1) is 10.2 Å². The zero-order valence-electron chi connectivity index (χ0n) is 12.1. The average molecular weight is 298 g/mol. The standard InChI is InChI=1S/C16H15FN4O/c1-11-5-6-12(17)10-13(11)16(22)18-8-7-15-20-19-14-4-2-3-9-21(14)15/h2-6,9-10H,7-8H2,1H3,(H,18,22). The minimum absolute atomic E-state index is 0.286. The number of hydrogen-bond acceptors (Lipinski definition) is 3. The molecule has 1 aromatic carbocycles. The van der Waals surface area contributed by atoms with E-state index in [1.165, 1.54) is 12.1 Å². The fourth-order valence-electron chi connectivity index (χ4n) is 2.28. The van der Waals surface area contributed by atoms with Gasteiger partial charge in [-0.2, -0.15) is 0 Å². The van der Waals surface area contributed by atoms with Crippen molar-refractivity contribution in [3.05, 3.63) is 65.4 Å². The van der Waals surface area contributed by atoms with Crippen LogP contribution in [0.2, 0.25) is 0 Å². The molecule has 112 valence electrons. The van der Waals surface area contributed by atoms with Gasteiger partial charge in [0.2, 0.25) is 0 Å². The highest BCUT2D eigenvalue weighted by molar-refractivity contribution is 5.95. The maximum atomic E-state index is 13.2. The lowest BCUT2D eigenvalue weighted by atomic mass is 10.1. The number of pyridine rings is 1. The summed E-state index contributed by atoms with van der Waals surface area (Å²) in [7, 11) is 0. The molecule has 0 fully saturated rings. The second kappa shape index (κ2) is 5.93. The minimum atomic E-state index is -0.417. The molecule has 0 saturated heterocycles. The second-order valence-electron chi connectivity index (χ2n) is 5.01. The Bertz CT molecular complexity index is 828. The van der Waals surface area contributed by atoms with Crippen LogP contribution in [0.5, 0.6) is 0 Å². The first kappa shape index (κ1) is 14.2. The van der Waals surface area contributed by atoms with E-state index >= 15 is 0 Å². The van der Waals surface area contributed by atoms with Gasteiger partial charge in [-0.25, -0.2) is 4.39 Å². The van der Waals surface area contributed by atoms with Crippen molar-refractivity contribution < 1.29 is 9.18 Å². The monoisotopic (exact) mass is 298 g/mol. The molecule has 3 rings (SSSR count). The number of fused-ring (bicyclic) bond motifs is 1. The normalized spacial score (nSPS) is 10.8. The van der Waals surface area contributed by atoms with E-state index in [1.54, 1.807) is 13.0 Å². The second-order valence-corrected chi connectivity index (χ2v) is 5.01. The van der Waals surface area contributed by atoms with Crippen LogP contribution in [-0.4, -0.2) is 27.0 Å². The molecule has 0 atom stereocenters. The lowest BCUT2D eigenvalue weighted by Crippen LogP contribution is -2.27. The number of carbonyl (C=O) groups is 1. The molecule has 2 heterocycles. The molecule has 0 unspecified atom stereocenters. The van der Waals surface area contributed by atoms with E-state index in [0.717, 1.165) is 17.0 Å². The summed E-state index contributed by atoms with van der Waals surface area (Å²) in [6.45, 7) is 2.19. The fraction of sp³-hybridized carbons (Fsp3) is 0.188. The zero-order valence-corrected chi connectivity index (χ0v) is 12.1. The lowest BCUT2D eigenvalue weighted by molar-refractivity contribution is 0.0953. The maximum Gasteiger partial charge on any atom is 0.251 e. The largest absolute Gasteiger partial charge is 0.352 e. The molecule has 0 saturated carbocycles. The van der Waals surface area contributed by atoms with E-state index in [-0.39, 0.29) is 5.91 Å². The smallest absolute Gasteiger partial charge is 0.251 e. The van der Waals surface area contributed by atoms with Crippen LogP contribution in [0.1, 0.15) is 21.7 Å². The first-order valence-electron chi connectivity index (χ1n) is 6.98. The molecular formula is C16H15FN4O. The first-order valence-corrected chi connectivity index (χ1v) is 6.98. The summed E-state index contributed by atoms with van der Waals surface area (Å²) in [5, 5.41) is 10.9. The highest BCUT2D eigenvalue weighted by Crippen LogP contribution is 2.10. The quantitative estimate of drug-likeness (QED) is 0.803. The molecule has 22 heavy (non-hydrogen) atoms. The summed E-state index contributed by atoms with van der Waals surface area (Å²) >= 11 is 0. The van der Waals surface area contributed by atoms with Crippen molar-refractivity contribution in [1.29, 1.82) is 0 Å². The number of aromatic nitrogens is 3. The Labute approximate surface area is 126 Å². The Kier molecular flexibility index (Phi) is 3.82. The summed E-state index contributed by atoms with van der Waals surface area (Å²) in [4.78, 5) is 12.1. The van der Waals surface area contributed by atoms with Crippen molar-refractivity contribution >= 4 is 11.6 Å². The number of rotatable bonds is 4. The van der Waals surface area contributed by atoms with E-state index in [1.807, 2.05) is 28.8 Å². The number of carbonyl (C=O) groups excluding carboxylic acids is 1. The molecule has 2 aromatic heterocycles. The van der Waals surface area contributed by atoms with Crippen LogP contribution in [0.25, 0.3) is 5.65 Å². The van der Waals surface area contributed by atoms with E-state index in [2.05, 4.69) is 15.5 Å². The Hall–Kier alpha value is -2.76. The average Bonchev–Trinajstić information content (AvgIpc) is 2.93. The van der Waals surface area contributed by atoms with Crippen LogP contribution in [0.3, 0.4) is 0 Å². The summed E-state index contributed by atoms with van der Waals surface area (Å²) in [5.74, 6) is 0.0666. The van der Waals surface area contributed by atoms with Crippen molar-refractivity contribution in [3.63, 3.8) is 0 Å². The van der Waals surface area contributed by atoms with E-state index in [0.29, 0.717) is 18.5 Å². The van der Waals surface area contributed by atoms with Gasteiger partial charge in [0.05, 0.1) is 0 Å². The number of aryl methyl sites for hydroxylation is 1. The highest BCUT2D eigenvalue weighted by atomic mass is 19.1. The van der Waals surface area contributed by atoms with E-state index in [4.69, 9.17) is 0 Å². The van der Waals surface area contributed by atoms with Gasteiger partial charge in [-0.05, 0) is 36.8 Å². The van der Waals surface area contributed by atoms with Crippen molar-refractivity contribution in [1.82, 2.24) is 19.9 Å². The zero-order chi connectivity index (χ0) is 15.5. The summed E-state index contributed by atoms with van der Waals surface area (Å²) in [6.07, 6.45) is 2.43. The van der Waals surface area contributed by atoms with Crippen molar-refractivity contribution in [2.75, 3.05) is 6.54 Å². The summed E-state index contributed by atoms with van der Waals surface area (Å²) in [6, 6.07) is 9.84. The van der Waals surface area contributed by atoms with Crippen LogP contribution < -0.4 is 5.32 Å². The van der Waals surface area contributed by atoms with Gasteiger partial charge in [0.25, 0.3) is 5.91 Å². The Morgan fingerprint density at radius 2 is 2.14 bits per heavy atom. The van der Waals surface area contributed by atoms with E-state index in [9.17, 15) is 9.18 Å². The van der Waals surface area contributed by atoms with Gasteiger partial charge >= 0.3 is 0 Å². The number of halogens is 1. The molecule has 0 aliphatic carbocycles. The third-order valence-corrected chi connectivity index (χ3v) is 3.46. The molecule has 0 bridgehead atoms. The molecule has 0 aliphatic rings. The van der Waals surface area contributed by atoms with Gasteiger partial charge in [0.1, 0.15) is 11.6 Å². The van der Waals surface area contributed by atoms with Crippen molar-refractivity contribution in [3.8, 4) is 0 Å². The molecule has 0 aliphatic heterocycles. The van der Waals surface area contributed by atoms with Gasteiger partial charge in [-0.1, -0.05) is 12.1 Å². The van der Waals surface area contributed by atoms with Gasteiger partial charge in [0, 0.05) is 24.7 Å². The maximum absolute atomic E-state index is 13.2. The van der Waals surface area contributed by atoms with Crippen molar-refractivity contribution in [2.24, 2.45) is 0 Å². The molecule has 6 heteroatoms. The predicted octanol–water partition coefficient (Wildman–Crippen LogP) is 2.15. The predicted molar refractivity (Wildman–Crippen MR) is 80.2 cm³/mol. The molecule has 0 radical (unpaired) electrons. The van der Waals surface area contributed by atoms with Gasteiger partial charge < -0.3 is 5.32 Å². The number of nitrogens with one attached hydrogen (secondary N) is 1. The molecule has 1 amide bonds. The molecular weight excluding hydrogens is 283 g/mol. The first-order chi connectivity index (χ1) is 10.6. The van der Waals surface area contributed by atoms with Gasteiger partial charge in [-0.3, -0.25) is 9.20 Å². The van der Waals surface area contributed by atoms with Crippen LogP contribution in [-0.2, 0) is 6.42 Å².